The van der Waals surface area contributed by atoms with Gasteiger partial charge in [-0.3, -0.25) is 4.98 Å². The molecule has 0 saturated carbocycles. The molecular weight excluding hydrogens is 298 g/mol. The number of aromatic nitrogens is 1. The van der Waals surface area contributed by atoms with Crippen LogP contribution < -0.4 is 5.32 Å². The standard InChI is InChI=1S/C18H16F2N2O/c19-15-6-2-1-4-13(15)17(23)11-21-10-12-7-8-16(20)14-5-3-9-22-18(12)14/h1-9,17,21,23H,10-11H2. The van der Waals surface area contributed by atoms with E-state index >= 15 is 0 Å². The third-order valence-electron chi connectivity index (χ3n) is 3.72. The molecule has 2 N–H and O–H groups in total. The van der Waals surface area contributed by atoms with E-state index in [1.807, 2.05) is 0 Å². The minimum atomic E-state index is -0.948. The van der Waals surface area contributed by atoms with Crippen molar-refractivity contribution in [3.63, 3.8) is 0 Å². The molecule has 0 bridgehead atoms. The fourth-order valence-electron chi connectivity index (χ4n) is 2.54. The second-order valence-electron chi connectivity index (χ2n) is 5.27. The Balaban J connectivity index is 1.70. The summed E-state index contributed by atoms with van der Waals surface area (Å²) < 4.78 is 27.3. The summed E-state index contributed by atoms with van der Waals surface area (Å²) in [6.07, 6.45) is 0.662. The molecule has 3 nitrogen and oxygen atoms in total. The molecule has 0 amide bonds. The van der Waals surface area contributed by atoms with E-state index < -0.39 is 11.9 Å². The van der Waals surface area contributed by atoms with E-state index in [2.05, 4.69) is 10.3 Å². The smallest absolute Gasteiger partial charge is 0.132 e. The molecule has 0 radical (unpaired) electrons. The van der Waals surface area contributed by atoms with Crippen molar-refractivity contribution in [1.82, 2.24) is 10.3 Å². The van der Waals surface area contributed by atoms with Gasteiger partial charge in [0.15, 0.2) is 0 Å². The van der Waals surface area contributed by atoms with Gasteiger partial charge in [0.2, 0.25) is 0 Å². The maximum absolute atomic E-state index is 13.7. The number of halogens is 2. The molecular formula is C18H16F2N2O. The van der Waals surface area contributed by atoms with Crippen molar-refractivity contribution < 1.29 is 13.9 Å². The molecule has 3 aromatic rings. The van der Waals surface area contributed by atoms with Gasteiger partial charge in [0.1, 0.15) is 11.6 Å². The van der Waals surface area contributed by atoms with Gasteiger partial charge < -0.3 is 10.4 Å². The first-order valence-corrected chi connectivity index (χ1v) is 7.32. The molecule has 0 aliphatic rings. The highest BCUT2D eigenvalue weighted by molar-refractivity contribution is 5.82. The molecule has 1 aromatic heterocycles. The number of nitrogens with zero attached hydrogens (tertiary/aromatic N) is 1. The monoisotopic (exact) mass is 314 g/mol. The van der Waals surface area contributed by atoms with Gasteiger partial charge in [0.25, 0.3) is 0 Å². The van der Waals surface area contributed by atoms with Gasteiger partial charge in [-0.2, -0.15) is 0 Å². The first-order valence-electron chi connectivity index (χ1n) is 7.32. The van der Waals surface area contributed by atoms with Crippen LogP contribution in [0.3, 0.4) is 0 Å². The molecule has 1 heterocycles. The third-order valence-corrected chi connectivity index (χ3v) is 3.72. The average molecular weight is 314 g/mol. The van der Waals surface area contributed by atoms with Crippen molar-refractivity contribution in [2.75, 3.05) is 6.54 Å². The number of aliphatic hydroxyl groups is 1. The van der Waals surface area contributed by atoms with Gasteiger partial charge in [-0.05, 0) is 29.8 Å². The minimum absolute atomic E-state index is 0.187. The predicted molar refractivity (Wildman–Crippen MR) is 84.8 cm³/mol. The lowest BCUT2D eigenvalue weighted by Crippen LogP contribution is -2.22. The van der Waals surface area contributed by atoms with E-state index in [0.29, 0.717) is 17.4 Å². The van der Waals surface area contributed by atoms with Crippen LogP contribution in [-0.2, 0) is 6.54 Å². The second-order valence-corrected chi connectivity index (χ2v) is 5.27. The Morgan fingerprint density at radius 1 is 1.00 bits per heavy atom. The predicted octanol–water partition coefficient (Wildman–Crippen LogP) is 3.34. The number of benzene rings is 2. The van der Waals surface area contributed by atoms with E-state index in [-0.39, 0.29) is 17.9 Å². The number of rotatable bonds is 5. The first-order chi connectivity index (χ1) is 11.2. The molecule has 1 unspecified atom stereocenters. The summed E-state index contributed by atoms with van der Waals surface area (Å²) in [6.45, 7) is 0.589. The minimum Gasteiger partial charge on any atom is -0.387 e. The largest absolute Gasteiger partial charge is 0.387 e. The topological polar surface area (TPSA) is 45.1 Å². The fraction of sp³-hybridized carbons (Fsp3) is 0.167. The molecule has 0 saturated heterocycles. The number of hydrogen-bond acceptors (Lipinski definition) is 3. The molecule has 1 atom stereocenters. The maximum Gasteiger partial charge on any atom is 0.132 e. The zero-order chi connectivity index (χ0) is 16.2. The van der Waals surface area contributed by atoms with Gasteiger partial charge >= 0.3 is 0 Å². The molecule has 5 heteroatoms. The summed E-state index contributed by atoms with van der Waals surface area (Å²) in [5.41, 5.74) is 1.66. The van der Waals surface area contributed by atoms with E-state index in [9.17, 15) is 13.9 Å². The van der Waals surface area contributed by atoms with Crippen LogP contribution in [0.5, 0.6) is 0 Å². The zero-order valence-electron chi connectivity index (χ0n) is 12.3. The summed E-state index contributed by atoms with van der Waals surface area (Å²) in [4.78, 5) is 4.21. The van der Waals surface area contributed by atoms with Crippen LogP contribution >= 0.6 is 0 Å². The molecule has 0 fully saturated rings. The molecule has 0 spiro atoms. The normalized spacial score (nSPS) is 12.5. The van der Waals surface area contributed by atoms with Crippen molar-refractivity contribution in [2.24, 2.45) is 0 Å². The average Bonchev–Trinajstić information content (AvgIpc) is 2.57. The van der Waals surface area contributed by atoms with E-state index in [0.717, 1.165) is 5.56 Å². The maximum atomic E-state index is 13.7. The van der Waals surface area contributed by atoms with Crippen molar-refractivity contribution in [3.05, 3.63) is 77.5 Å². The van der Waals surface area contributed by atoms with E-state index in [1.165, 1.54) is 12.1 Å². The summed E-state index contributed by atoms with van der Waals surface area (Å²) in [5, 5.41) is 13.6. The molecule has 23 heavy (non-hydrogen) atoms. The SMILES string of the molecule is OC(CNCc1ccc(F)c2cccnc12)c1ccccc1F. The summed E-state index contributed by atoms with van der Waals surface area (Å²) in [6, 6.07) is 12.5. The lowest BCUT2D eigenvalue weighted by atomic mass is 10.1. The van der Waals surface area contributed by atoms with Gasteiger partial charge in [-0.1, -0.05) is 24.3 Å². The lowest BCUT2D eigenvalue weighted by Gasteiger charge is -2.13. The highest BCUT2D eigenvalue weighted by Crippen LogP contribution is 2.20. The van der Waals surface area contributed by atoms with Crippen LogP contribution in [0.2, 0.25) is 0 Å². The Bertz CT molecular complexity index is 823. The van der Waals surface area contributed by atoms with Crippen LogP contribution in [-0.4, -0.2) is 16.6 Å². The van der Waals surface area contributed by atoms with Crippen LogP contribution in [0.15, 0.2) is 54.7 Å². The van der Waals surface area contributed by atoms with Gasteiger partial charge in [0.05, 0.1) is 11.6 Å². The Labute approximate surface area is 132 Å². The molecule has 0 aliphatic carbocycles. The molecule has 2 aromatic carbocycles. The summed E-state index contributed by atoms with van der Waals surface area (Å²) in [7, 11) is 0. The number of aliphatic hydroxyl groups excluding tert-OH is 1. The van der Waals surface area contributed by atoms with Gasteiger partial charge in [0, 0.05) is 30.2 Å². The van der Waals surface area contributed by atoms with Crippen molar-refractivity contribution in [2.45, 2.75) is 12.6 Å². The molecule has 0 aliphatic heterocycles. The second kappa shape index (κ2) is 6.81. The van der Waals surface area contributed by atoms with Crippen LogP contribution in [0.1, 0.15) is 17.2 Å². The number of fused-ring (bicyclic) bond motifs is 1. The van der Waals surface area contributed by atoms with Gasteiger partial charge in [-0.25, -0.2) is 8.78 Å². The Hall–Kier alpha value is -2.37. The zero-order valence-corrected chi connectivity index (χ0v) is 12.3. The third kappa shape index (κ3) is 3.36. The van der Waals surface area contributed by atoms with Crippen molar-refractivity contribution >= 4 is 10.9 Å². The quantitative estimate of drug-likeness (QED) is 0.759. The highest BCUT2D eigenvalue weighted by Gasteiger charge is 2.12. The fourth-order valence-corrected chi connectivity index (χ4v) is 2.54. The van der Waals surface area contributed by atoms with Crippen LogP contribution in [0.4, 0.5) is 8.78 Å². The van der Waals surface area contributed by atoms with Gasteiger partial charge in [-0.15, -0.1) is 0 Å². The van der Waals surface area contributed by atoms with E-state index in [1.54, 1.807) is 42.6 Å². The summed E-state index contributed by atoms with van der Waals surface area (Å²) in [5.74, 6) is -0.751. The van der Waals surface area contributed by atoms with Crippen molar-refractivity contribution in [1.29, 1.82) is 0 Å². The first kappa shape index (κ1) is 15.5. The molecule has 3 rings (SSSR count). The number of nitrogens with one attached hydrogen (secondary N) is 1. The highest BCUT2D eigenvalue weighted by atomic mass is 19.1. The lowest BCUT2D eigenvalue weighted by molar-refractivity contribution is 0.170. The van der Waals surface area contributed by atoms with Crippen LogP contribution in [0.25, 0.3) is 10.9 Å². The number of hydrogen-bond donors (Lipinski definition) is 2. The summed E-state index contributed by atoms with van der Waals surface area (Å²) >= 11 is 0. The Morgan fingerprint density at radius 3 is 2.65 bits per heavy atom. The molecule has 118 valence electrons. The van der Waals surface area contributed by atoms with Crippen LogP contribution in [0, 0.1) is 11.6 Å². The number of pyridine rings is 1. The Morgan fingerprint density at radius 2 is 1.83 bits per heavy atom. The van der Waals surface area contributed by atoms with E-state index in [4.69, 9.17) is 0 Å². The Kier molecular flexibility index (Phi) is 4.60. The van der Waals surface area contributed by atoms with Crippen molar-refractivity contribution in [3.8, 4) is 0 Å².